The average Bonchev–Trinajstić information content (AvgIpc) is 2.20. The van der Waals surface area contributed by atoms with E-state index < -0.39 is 0 Å². The molecule has 2 aliphatic rings. The van der Waals surface area contributed by atoms with Gasteiger partial charge >= 0.3 is 0 Å². The zero-order valence-electron chi connectivity index (χ0n) is 9.61. The molecule has 84 valence electrons. The number of amides is 1. The van der Waals surface area contributed by atoms with E-state index in [0.717, 1.165) is 5.75 Å². The normalized spacial score (nSPS) is 32.7. The largest absolute Gasteiger partial charge is 0.312 e. The summed E-state index contributed by atoms with van der Waals surface area (Å²) in [5, 5.41) is 0.292. The zero-order chi connectivity index (χ0) is 11.3. The molecular formula is C11H17NOS2. The van der Waals surface area contributed by atoms with Crippen LogP contribution in [0.4, 0.5) is 0 Å². The Kier molecular flexibility index (Phi) is 2.62. The standard InChI is InChI=1S/C11H17NOS2/c1-10(2)9-12(11(3,4)15-10)8(13)6-5-7-14-9/h5-6,9H,7H2,1-4H3. The maximum absolute atomic E-state index is 12.0. The van der Waals surface area contributed by atoms with Crippen molar-refractivity contribution in [3.63, 3.8) is 0 Å². The van der Waals surface area contributed by atoms with E-state index in [0.29, 0.717) is 5.37 Å². The Morgan fingerprint density at radius 3 is 2.73 bits per heavy atom. The molecule has 2 rings (SSSR count). The van der Waals surface area contributed by atoms with Gasteiger partial charge < -0.3 is 4.90 Å². The number of carbonyl (C=O) groups is 1. The van der Waals surface area contributed by atoms with E-state index in [-0.39, 0.29) is 15.5 Å². The maximum Gasteiger partial charge on any atom is 0.248 e. The molecular weight excluding hydrogens is 226 g/mol. The number of rotatable bonds is 0. The molecule has 2 heterocycles. The Balaban J connectivity index is 2.40. The molecule has 1 amide bonds. The van der Waals surface area contributed by atoms with Crippen molar-refractivity contribution in [1.82, 2.24) is 4.90 Å². The lowest BCUT2D eigenvalue weighted by Gasteiger charge is -2.33. The third-order valence-electron chi connectivity index (χ3n) is 2.77. The van der Waals surface area contributed by atoms with Gasteiger partial charge in [-0.05, 0) is 27.7 Å². The van der Waals surface area contributed by atoms with Crippen LogP contribution in [0.2, 0.25) is 0 Å². The highest BCUT2D eigenvalue weighted by molar-refractivity contribution is 8.05. The monoisotopic (exact) mass is 243 g/mol. The van der Waals surface area contributed by atoms with Gasteiger partial charge in [-0.3, -0.25) is 4.79 Å². The van der Waals surface area contributed by atoms with E-state index in [2.05, 4.69) is 27.7 Å². The number of hydrogen-bond donors (Lipinski definition) is 0. The molecule has 0 radical (unpaired) electrons. The van der Waals surface area contributed by atoms with Crippen LogP contribution in [0.5, 0.6) is 0 Å². The van der Waals surface area contributed by atoms with Crippen LogP contribution in [0.3, 0.4) is 0 Å². The third-order valence-corrected chi connectivity index (χ3v) is 5.87. The SMILES string of the molecule is CC1(C)SC(C)(C)N2C(=O)C=CCSC21. The summed E-state index contributed by atoms with van der Waals surface area (Å²) >= 11 is 3.76. The van der Waals surface area contributed by atoms with E-state index in [9.17, 15) is 4.79 Å². The molecule has 1 unspecified atom stereocenters. The van der Waals surface area contributed by atoms with Gasteiger partial charge in [0.2, 0.25) is 5.91 Å². The van der Waals surface area contributed by atoms with Gasteiger partial charge in [-0.1, -0.05) is 6.08 Å². The van der Waals surface area contributed by atoms with Crippen LogP contribution in [0.1, 0.15) is 27.7 Å². The fourth-order valence-corrected chi connectivity index (χ4v) is 5.88. The van der Waals surface area contributed by atoms with Crippen LogP contribution >= 0.6 is 23.5 Å². The zero-order valence-corrected chi connectivity index (χ0v) is 11.2. The van der Waals surface area contributed by atoms with Gasteiger partial charge in [0.25, 0.3) is 0 Å². The van der Waals surface area contributed by atoms with Gasteiger partial charge in [-0.25, -0.2) is 0 Å². The summed E-state index contributed by atoms with van der Waals surface area (Å²) in [7, 11) is 0. The van der Waals surface area contributed by atoms with E-state index >= 15 is 0 Å². The first-order valence-electron chi connectivity index (χ1n) is 5.16. The molecule has 2 aliphatic heterocycles. The fourth-order valence-electron chi connectivity index (χ4n) is 2.37. The van der Waals surface area contributed by atoms with E-state index in [4.69, 9.17) is 0 Å². The number of carbonyl (C=O) groups excluding carboxylic acids is 1. The highest BCUT2D eigenvalue weighted by Crippen LogP contribution is 2.54. The highest BCUT2D eigenvalue weighted by atomic mass is 32.2. The van der Waals surface area contributed by atoms with Crippen LogP contribution in [-0.4, -0.2) is 31.6 Å². The number of fused-ring (bicyclic) bond motifs is 1. The number of thioether (sulfide) groups is 2. The maximum atomic E-state index is 12.0. The second-order valence-electron chi connectivity index (χ2n) is 4.95. The Morgan fingerprint density at radius 1 is 1.40 bits per heavy atom. The molecule has 0 aromatic carbocycles. The molecule has 0 aliphatic carbocycles. The van der Waals surface area contributed by atoms with Gasteiger partial charge in [0.05, 0.1) is 10.2 Å². The predicted molar refractivity (Wildman–Crippen MR) is 68.0 cm³/mol. The van der Waals surface area contributed by atoms with Gasteiger partial charge in [-0.15, -0.1) is 23.5 Å². The minimum Gasteiger partial charge on any atom is -0.312 e. The molecule has 0 aromatic heterocycles. The predicted octanol–water partition coefficient (Wildman–Crippen LogP) is 2.71. The lowest BCUT2D eigenvalue weighted by atomic mass is 10.1. The van der Waals surface area contributed by atoms with Crippen molar-refractivity contribution in [2.75, 3.05) is 5.75 Å². The van der Waals surface area contributed by atoms with Crippen molar-refractivity contribution >= 4 is 29.4 Å². The average molecular weight is 243 g/mol. The second-order valence-corrected chi connectivity index (χ2v) is 8.32. The molecule has 4 heteroatoms. The Hall–Kier alpha value is -0.0900. The molecule has 15 heavy (non-hydrogen) atoms. The summed E-state index contributed by atoms with van der Waals surface area (Å²) < 4.78 is 0.135. The summed E-state index contributed by atoms with van der Waals surface area (Å²) in [5.74, 6) is 1.10. The van der Waals surface area contributed by atoms with Gasteiger partial charge in [0.1, 0.15) is 0 Å². The number of hydrogen-bond acceptors (Lipinski definition) is 3. The van der Waals surface area contributed by atoms with Crippen LogP contribution < -0.4 is 0 Å². The topological polar surface area (TPSA) is 20.3 Å². The Morgan fingerprint density at radius 2 is 2.07 bits per heavy atom. The molecule has 0 bridgehead atoms. The molecule has 0 saturated carbocycles. The second kappa shape index (κ2) is 3.45. The minimum absolute atomic E-state index is 0.0903. The van der Waals surface area contributed by atoms with Crippen LogP contribution in [0, 0.1) is 0 Å². The fraction of sp³-hybridized carbons (Fsp3) is 0.727. The minimum atomic E-state index is -0.0903. The Labute approximate surface area is 99.9 Å². The summed E-state index contributed by atoms with van der Waals surface area (Å²) in [6.45, 7) is 8.74. The van der Waals surface area contributed by atoms with Crippen LogP contribution in [0.25, 0.3) is 0 Å². The highest BCUT2D eigenvalue weighted by Gasteiger charge is 2.53. The van der Waals surface area contributed by atoms with E-state index in [1.807, 2.05) is 34.5 Å². The van der Waals surface area contributed by atoms with Gasteiger partial charge in [0.15, 0.2) is 0 Å². The summed E-state index contributed by atoms with van der Waals surface area (Å²) in [4.78, 5) is 14.0. The molecule has 0 spiro atoms. The lowest BCUT2D eigenvalue weighted by molar-refractivity contribution is -0.128. The van der Waals surface area contributed by atoms with Crippen molar-refractivity contribution < 1.29 is 4.79 Å². The molecule has 0 N–H and O–H groups in total. The molecule has 0 aromatic rings. The molecule has 1 fully saturated rings. The van der Waals surface area contributed by atoms with E-state index in [1.54, 1.807) is 6.08 Å². The van der Waals surface area contributed by atoms with Crippen LogP contribution in [-0.2, 0) is 4.79 Å². The summed E-state index contributed by atoms with van der Waals surface area (Å²) in [5.41, 5.74) is 0. The van der Waals surface area contributed by atoms with Crippen molar-refractivity contribution in [3.8, 4) is 0 Å². The van der Waals surface area contributed by atoms with Crippen molar-refractivity contribution in [2.45, 2.75) is 42.7 Å². The van der Waals surface area contributed by atoms with Crippen molar-refractivity contribution in [2.24, 2.45) is 0 Å². The van der Waals surface area contributed by atoms with Crippen molar-refractivity contribution in [3.05, 3.63) is 12.2 Å². The molecule has 1 atom stereocenters. The van der Waals surface area contributed by atoms with Gasteiger partial charge in [0, 0.05) is 16.6 Å². The molecule has 1 saturated heterocycles. The first-order valence-corrected chi connectivity index (χ1v) is 7.03. The quantitative estimate of drug-likeness (QED) is 0.652. The van der Waals surface area contributed by atoms with Gasteiger partial charge in [-0.2, -0.15) is 0 Å². The van der Waals surface area contributed by atoms with E-state index in [1.165, 1.54) is 0 Å². The smallest absolute Gasteiger partial charge is 0.248 e. The van der Waals surface area contributed by atoms with Crippen LogP contribution in [0.15, 0.2) is 12.2 Å². The lowest BCUT2D eigenvalue weighted by Crippen LogP contribution is -2.46. The summed E-state index contributed by atoms with van der Waals surface area (Å²) in [6, 6.07) is 0. The number of nitrogens with zero attached hydrogens (tertiary/aromatic N) is 1. The van der Waals surface area contributed by atoms with Crippen molar-refractivity contribution in [1.29, 1.82) is 0 Å². The first kappa shape index (κ1) is 11.4. The first-order chi connectivity index (χ1) is 6.84. The summed E-state index contributed by atoms with van der Waals surface area (Å²) in [6.07, 6.45) is 3.69. The molecule has 2 nitrogen and oxygen atoms in total. The Bertz CT molecular complexity index is 323. The third kappa shape index (κ3) is 1.82.